The van der Waals surface area contributed by atoms with Crippen molar-refractivity contribution in [3.8, 4) is 5.75 Å². The molecule has 0 fully saturated rings. The van der Waals surface area contributed by atoms with Crippen molar-refractivity contribution in [3.05, 3.63) is 45.8 Å². The van der Waals surface area contributed by atoms with E-state index in [2.05, 4.69) is 10.1 Å². The Morgan fingerprint density at radius 1 is 1.11 bits per heavy atom. The van der Waals surface area contributed by atoms with Crippen molar-refractivity contribution >= 4 is 40.5 Å². The molecular formula is C18H17NO7S. The number of carbonyl (C=O) groups excluding carboxylic acids is 4. The molecule has 1 N–H and O–H groups in total. The zero-order valence-corrected chi connectivity index (χ0v) is 15.7. The molecule has 2 rings (SSSR count). The Balaban J connectivity index is 2.20. The van der Waals surface area contributed by atoms with Crippen LogP contribution in [0.1, 0.15) is 36.0 Å². The van der Waals surface area contributed by atoms with Crippen molar-refractivity contribution < 1.29 is 33.4 Å². The van der Waals surface area contributed by atoms with Gasteiger partial charge in [-0.05, 0) is 24.6 Å². The smallest absolute Gasteiger partial charge is 0.348 e. The van der Waals surface area contributed by atoms with Crippen LogP contribution in [-0.2, 0) is 14.3 Å². The molecule has 0 aliphatic heterocycles. The highest BCUT2D eigenvalue weighted by Gasteiger charge is 2.26. The molecule has 0 aliphatic carbocycles. The van der Waals surface area contributed by atoms with Crippen LogP contribution in [0, 0.1) is 6.92 Å². The zero-order chi connectivity index (χ0) is 20.0. The summed E-state index contributed by atoms with van der Waals surface area (Å²) in [6.07, 6.45) is 0.619. The first-order valence-electron chi connectivity index (χ1n) is 7.69. The minimum atomic E-state index is -0.693. The van der Waals surface area contributed by atoms with Crippen LogP contribution in [0.2, 0.25) is 0 Å². The first-order valence-corrected chi connectivity index (χ1v) is 8.51. The largest absolute Gasteiger partial charge is 0.483 e. The van der Waals surface area contributed by atoms with Crippen molar-refractivity contribution in [1.29, 1.82) is 0 Å². The zero-order valence-electron chi connectivity index (χ0n) is 14.9. The number of hydrogen-bond acceptors (Lipinski definition) is 8. The highest BCUT2D eigenvalue weighted by atomic mass is 32.1. The second-order valence-corrected chi connectivity index (χ2v) is 6.26. The summed E-state index contributed by atoms with van der Waals surface area (Å²) >= 11 is 0.901. The molecule has 0 bridgehead atoms. The molecule has 2 aromatic rings. The topological polar surface area (TPSA) is 108 Å². The summed E-state index contributed by atoms with van der Waals surface area (Å²) in [5.74, 6) is -1.63. The number of benzene rings is 1. The number of esters is 2. The van der Waals surface area contributed by atoms with Gasteiger partial charge in [-0.15, -0.1) is 11.3 Å². The third kappa shape index (κ3) is 4.50. The third-order valence-corrected chi connectivity index (χ3v) is 4.75. The molecule has 0 radical (unpaired) electrons. The van der Waals surface area contributed by atoms with Gasteiger partial charge in [-0.1, -0.05) is 12.1 Å². The fraction of sp³-hybridized carbons (Fsp3) is 0.222. The summed E-state index contributed by atoms with van der Waals surface area (Å²) in [5, 5.41) is 2.68. The number of para-hydroxylation sites is 1. The average Bonchev–Trinajstić information content (AvgIpc) is 3.01. The molecule has 1 aromatic carbocycles. The molecule has 0 aliphatic rings. The van der Waals surface area contributed by atoms with Crippen molar-refractivity contribution in [2.24, 2.45) is 0 Å². The summed E-state index contributed by atoms with van der Waals surface area (Å²) in [7, 11) is 2.41. The lowest BCUT2D eigenvalue weighted by atomic mass is 10.1. The summed E-state index contributed by atoms with van der Waals surface area (Å²) in [6, 6.07) is 6.45. The molecule has 142 valence electrons. The van der Waals surface area contributed by atoms with Gasteiger partial charge < -0.3 is 19.5 Å². The SMILES string of the molecule is COC(=O)c1sc(NC(=O)COc2ccccc2C=O)c(C(=O)OC)c1C. The number of carbonyl (C=O) groups is 4. The van der Waals surface area contributed by atoms with E-state index in [1.165, 1.54) is 14.2 Å². The van der Waals surface area contributed by atoms with Gasteiger partial charge in [0.25, 0.3) is 5.91 Å². The quantitative estimate of drug-likeness (QED) is 0.570. The first-order chi connectivity index (χ1) is 12.9. The molecule has 0 saturated heterocycles. The number of nitrogens with one attached hydrogen (secondary N) is 1. The molecule has 1 amide bonds. The second-order valence-electron chi connectivity index (χ2n) is 5.24. The number of anilines is 1. The van der Waals surface area contributed by atoms with E-state index in [0.717, 1.165) is 11.3 Å². The van der Waals surface area contributed by atoms with Gasteiger partial charge in [0, 0.05) is 0 Å². The van der Waals surface area contributed by atoms with Crippen LogP contribution in [-0.4, -0.2) is 45.0 Å². The van der Waals surface area contributed by atoms with Gasteiger partial charge >= 0.3 is 11.9 Å². The third-order valence-electron chi connectivity index (χ3n) is 3.56. The lowest BCUT2D eigenvalue weighted by molar-refractivity contribution is -0.118. The van der Waals surface area contributed by atoms with Gasteiger partial charge in [-0.2, -0.15) is 0 Å². The van der Waals surface area contributed by atoms with E-state index in [-0.39, 0.29) is 21.2 Å². The molecule has 0 unspecified atom stereocenters. The Bertz CT molecular complexity index is 888. The minimum absolute atomic E-state index is 0.0736. The van der Waals surface area contributed by atoms with Gasteiger partial charge in [-0.25, -0.2) is 9.59 Å². The normalized spacial score (nSPS) is 10.0. The number of methoxy groups -OCH3 is 2. The molecule has 0 atom stereocenters. The first kappa shape index (κ1) is 20.1. The lowest BCUT2D eigenvalue weighted by Crippen LogP contribution is -2.21. The highest BCUT2D eigenvalue weighted by Crippen LogP contribution is 2.34. The van der Waals surface area contributed by atoms with Crippen molar-refractivity contribution in [1.82, 2.24) is 0 Å². The lowest BCUT2D eigenvalue weighted by Gasteiger charge is -2.09. The Hall–Kier alpha value is -3.20. The van der Waals surface area contributed by atoms with E-state index in [0.29, 0.717) is 17.4 Å². The standard InChI is InChI=1S/C18H17NO7S/c1-10-14(17(22)24-2)16(27-15(10)18(23)25-3)19-13(21)9-26-12-7-5-4-6-11(12)8-20/h4-8H,9H2,1-3H3,(H,19,21). The van der Waals surface area contributed by atoms with Crippen molar-refractivity contribution in [3.63, 3.8) is 0 Å². The van der Waals surface area contributed by atoms with Crippen molar-refractivity contribution in [2.45, 2.75) is 6.92 Å². The summed E-state index contributed by atoms with van der Waals surface area (Å²) in [5.41, 5.74) is 0.728. The van der Waals surface area contributed by atoms with Crippen LogP contribution in [0.25, 0.3) is 0 Å². The Morgan fingerprint density at radius 3 is 2.41 bits per heavy atom. The summed E-state index contributed by atoms with van der Waals surface area (Å²) in [4.78, 5) is 47.3. The maximum absolute atomic E-state index is 12.2. The fourth-order valence-corrected chi connectivity index (χ4v) is 3.38. The maximum atomic E-state index is 12.2. The van der Waals surface area contributed by atoms with Crippen LogP contribution in [0.4, 0.5) is 5.00 Å². The van der Waals surface area contributed by atoms with Crippen LogP contribution < -0.4 is 10.1 Å². The number of hydrogen-bond donors (Lipinski definition) is 1. The van der Waals surface area contributed by atoms with Crippen molar-refractivity contribution in [2.75, 3.05) is 26.1 Å². The molecule has 0 spiro atoms. The van der Waals surface area contributed by atoms with Gasteiger partial charge in [0.15, 0.2) is 12.9 Å². The number of aldehydes is 1. The number of amides is 1. The van der Waals surface area contributed by atoms with Crippen LogP contribution in [0.5, 0.6) is 5.75 Å². The predicted octanol–water partition coefficient (Wildman–Crippen LogP) is 2.46. The van der Waals surface area contributed by atoms with E-state index in [9.17, 15) is 19.2 Å². The molecule has 0 saturated carbocycles. The predicted molar refractivity (Wildman–Crippen MR) is 97.7 cm³/mol. The van der Waals surface area contributed by atoms with E-state index in [1.54, 1.807) is 31.2 Å². The Kier molecular flexibility index (Phi) is 6.67. The van der Waals surface area contributed by atoms with E-state index in [1.807, 2.05) is 0 Å². The van der Waals surface area contributed by atoms with Gasteiger partial charge in [0.1, 0.15) is 15.6 Å². The van der Waals surface area contributed by atoms with Gasteiger partial charge in [-0.3, -0.25) is 9.59 Å². The fourth-order valence-electron chi connectivity index (χ4n) is 2.25. The molecule has 1 heterocycles. The Morgan fingerprint density at radius 2 is 1.78 bits per heavy atom. The van der Waals surface area contributed by atoms with Crippen LogP contribution in [0.15, 0.2) is 24.3 Å². The van der Waals surface area contributed by atoms with E-state index in [4.69, 9.17) is 9.47 Å². The number of ether oxygens (including phenoxy) is 3. The summed E-state index contributed by atoms with van der Waals surface area (Å²) < 4.78 is 14.8. The van der Waals surface area contributed by atoms with Crippen LogP contribution >= 0.6 is 11.3 Å². The van der Waals surface area contributed by atoms with Gasteiger partial charge in [0.05, 0.1) is 25.3 Å². The van der Waals surface area contributed by atoms with E-state index >= 15 is 0 Å². The average molecular weight is 391 g/mol. The molecule has 1 aromatic heterocycles. The second kappa shape index (κ2) is 8.95. The molecular weight excluding hydrogens is 374 g/mol. The molecule has 9 heteroatoms. The van der Waals surface area contributed by atoms with Gasteiger partial charge in [0.2, 0.25) is 0 Å². The monoisotopic (exact) mass is 391 g/mol. The molecule has 8 nitrogen and oxygen atoms in total. The Labute approximate surface area is 159 Å². The highest BCUT2D eigenvalue weighted by molar-refractivity contribution is 7.18. The van der Waals surface area contributed by atoms with E-state index < -0.39 is 24.5 Å². The maximum Gasteiger partial charge on any atom is 0.348 e. The molecule has 27 heavy (non-hydrogen) atoms. The van der Waals surface area contributed by atoms with Crippen LogP contribution in [0.3, 0.4) is 0 Å². The minimum Gasteiger partial charge on any atom is -0.483 e. The number of thiophene rings is 1. The number of rotatable bonds is 7. The summed E-state index contributed by atoms with van der Waals surface area (Å²) in [6.45, 7) is 1.16.